The summed E-state index contributed by atoms with van der Waals surface area (Å²) in [6.45, 7) is 6.01. The number of piperazine rings is 1. The van der Waals surface area contributed by atoms with Crippen molar-refractivity contribution in [1.29, 1.82) is 0 Å². The first kappa shape index (κ1) is 19.7. The lowest BCUT2D eigenvalue weighted by Crippen LogP contribution is -2.50. The van der Waals surface area contributed by atoms with Gasteiger partial charge in [-0.1, -0.05) is 17.7 Å². The van der Waals surface area contributed by atoms with Gasteiger partial charge in [0.05, 0.1) is 14.2 Å². The van der Waals surface area contributed by atoms with E-state index in [9.17, 15) is 9.59 Å². The van der Waals surface area contributed by atoms with Crippen molar-refractivity contribution in [2.75, 3.05) is 40.4 Å². The van der Waals surface area contributed by atoms with E-state index in [0.29, 0.717) is 43.2 Å². The van der Waals surface area contributed by atoms with Gasteiger partial charge in [-0.05, 0) is 43.7 Å². The molecule has 3 rings (SSSR count). The molecule has 0 bridgehead atoms. The molecule has 0 radical (unpaired) electrons. The molecule has 6 nitrogen and oxygen atoms in total. The maximum atomic E-state index is 12.8. The monoisotopic (exact) mass is 382 g/mol. The molecule has 1 aliphatic heterocycles. The summed E-state index contributed by atoms with van der Waals surface area (Å²) in [4.78, 5) is 29.2. The first-order valence-electron chi connectivity index (χ1n) is 9.32. The van der Waals surface area contributed by atoms with Gasteiger partial charge in [0.1, 0.15) is 0 Å². The molecule has 1 heterocycles. The van der Waals surface area contributed by atoms with Crippen LogP contribution in [0.5, 0.6) is 11.5 Å². The normalized spacial score (nSPS) is 14.0. The molecule has 1 saturated heterocycles. The van der Waals surface area contributed by atoms with E-state index in [-0.39, 0.29) is 11.8 Å². The van der Waals surface area contributed by atoms with Crippen LogP contribution in [0, 0.1) is 13.8 Å². The van der Waals surface area contributed by atoms with Gasteiger partial charge in [0.2, 0.25) is 0 Å². The lowest BCUT2D eigenvalue weighted by molar-refractivity contribution is 0.0535. The standard InChI is InChI=1S/C22H26N2O4/c1-15-5-7-18(16(2)13-15)22(26)24-11-9-23(10-12-24)21(25)17-6-8-19(27-3)20(14-17)28-4/h5-8,13-14H,9-12H2,1-4H3. The third kappa shape index (κ3) is 3.96. The average molecular weight is 382 g/mol. The molecule has 28 heavy (non-hydrogen) atoms. The highest BCUT2D eigenvalue weighted by Gasteiger charge is 2.26. The SMILES string of the molecule is COc1ccc(C(=O)N2CCN(C(=O)c3ccc(C)cc3C)CC2)cc1OC. The fraction of sp³-hybridized carbons (Fsp3) is 0.364. The van der Waals surface area contributed by atoms with Crippen LogP contribution in [0.25, 0.3) is 0 Å². The molecule has 0 aliphatic carbocycles. The summed E-state index contributed by atoms with van der Waals surface area (Å²) in [5.74, 6) is 1.07. The van der Waals surface area contributed by atoms with E-state index in [1.807, 2.05) is 36.9 Å². The van der Waals surface area contributed by atoms with Gasteiger partial charge < -0.3 is 19.3 Å². The second-order valence-electron chi connectivity index (χ2n) is 6.97. The Hall–Kier alpha value is -3.02. The van der Waals surface area contributed by atoms with Crippen molar-refractivity contribution in [2.45, 2.75) is 13.8 Å². The maximum Gasteiger partial charge on any atom is 0.254 e. The number of hydrogen-bond donors (Lipinski definition) is 0. The van der Waals surface area contributed by atoms with Gasteiger partial charge in [-0.15, -0.1) is 0 Å². The van der Waals surface area contributed by atoms with E-state index in [4.69, 9.17) is 9.47 Å². The molecular weight excluding hydrogens is 356 g/mol. The third-order valence-corrected chi connectivity index (χ3v) is 5.10. The number of rotatable bonds is 4. The summed E-state index contributed by atoms with van der Waals surface area (Å²) in [6, 6.07) is 11.0. The van der Waals surface area contributed by atoms with Crippen LogP contribution in [-0.2, 0) is 0 Å². The molecule has 2 aromatic carbocycles. The van der Waals surface area contributed by atoms with Gasteiger partial charge in [0.15, 0.2) is 11.5 Å². The number of amides is 2. The summed E-state index contributed by atoms with van der Waals surface area (Å²) < 4.78 is 10.5. The first-order chi connectivity index (χ1) is 13.4. The second-order valence-corrected chi connectivity index (χ2v) is 6.97. The van der Waals surface area contributed by atoms with Crippen molar-refractivity contribution >= 4 is 11.8 Å². The average Bonchev–Trinajstić information content (AvgIpc) is 2.72. The number of aryl methyl sites for hydroxylation is 2. The van der Waals surface area contributed by atoms with Crippen LogP contribution >= 0.6 is 0 Å². The summed E-state index contributed by atoms with van der Waals surface area (Å²) in [5, 5.41) is 0. The van der Waals surface area contributed by atoms with Crippen LogP contribution in [0.4, 0.5) is 0 Å². The quantitative estimate of drug-likeness (QED) is 0.816. The fourth-order valence-corrected chi connectivity index (χ4v) is 3.49. The number of nitrogens with zero attached hydrogens (tertiary/aromatic N) is 2. The zero-order valence-electron chi connectivity index (χ0n) is 16.8. The zero-order valence-corrected chi connectivity index (χ0v) is 16.8. The number of carbonyl (C=O) groups excluding carboxylic acids is 2. The highest BCUT2D eigenvalue weighted by molar-refractivity contribution is 5.97. The Morgan fingerprint density at radius 3 is 1.96 bits per heavy atom. The smallest absolute Gasteiger partial charge is 0.254 e. The summed E-state index contributed by atoms with van der Waals surface area (Å²) >= 11 is 0. The van der Waals surface area contributed by atoms with E-state index in [1.165, 1.54) is 0 Å². The Morgan fingerprint density at radius 2 is 1.39 bits per heavy atom. The minimum Gasteiger partial charge on any atom is -0.493 e. The van der Waals surface area contributed by atoms with Crippen LogP contribution in [0.15, 0.2) is 36.4 Å². The molecule has 0 atom stereocenters. The number of benzene rings is 2. The van der Waals surface area contributed by atoms with Crippen molar-refractivity contribution in [3.05, 3.63) is 58.7 Å². The minimum absolute atomic E-state index is 0.0238. The van der Waals surface area contributed by atoms with E-state index >= 15 is 0 Å². The summed E-state index contributed by atoms with van der Waals surface area (Å²) in [7, 11) is 3.11. The van der Waals surface area contributed by atoms with E-state index in [2.05, 4.69) is 0 Å². The maximum absolute atomic E-state index is 12.8. The highest BCUT2D eigenvalue weighted by Crippen LogP contribution is 2.28. The molecule has 0 N–H and O–H groups in total. The zero-order chi connectivity index (χ0) is 20.3. The van der Waals surface area contributed by atoms with Gasteiger partial charge in [-0.25, -0.2) is 0 Å². The summed E-state index contributed by atoms with van der Waals surface area (Å²) in [5.41, 5.74) is 3.39. The Labute approximate surface area is 165 Å². The van der Waals surface area contributed by atoms with E-state index in [1.54, 1.807) is 37.3 Å². The van der Waals surface area contributed by atoms with Crippen molar-refractivity contribution < 1.29 is 19.1 Å². The Bertz CT molecular complexity index is 886. The van der Waals surface area contributed by atoms with Gasteiger partial charge in [-0.2, -0.15) is 0 Å². The van der Waals surface area contributed by atoms with Gasteiger partial charge >= 0.3 is 0 Å². The van der Waals surface area contributed by atoms with Crippen molar-refractivity contribution in [3.8, 4) is 11.5 Å². The second kappa shape index (κ2) is 8.33. The molecule has 0 spiro atoms. The van der Waals surface area contributed by atoms with Crippen molar-refractivity contribution in [3.63, 3.8) is 0 Å². The first-order valence-corrected chi connectivity index (χ1v) is 9.32. The molecule has 1 aliphatic rings. The van der Waals surface area contributed by atoms with E-state index < -0.39 is 0 Å². The predicted octanol–water partition coefficient (Wildman–Crippen LogP) is 2.92. The molecule has 0 unspecified atom stereocenters. The third-order valence-electron chi connectivity index (χ3n) is 5.10. The molecule has 1 fully saturated rings. The largest absolute Gasteiger partial charge is 0.493 e. The summed E-state index contributed by atoms with van der Waals surface area (Å²) in [6.07, 6.45) is 0. The lowest BCUT2D eigenvalue weighted by atomic mass is 10.0. The van der Waals surface area contributed by atoms with Gasteiger partial charge in [-0.3, -0.25) is 9.59 Å². The van der Waals surface area contributed by atoms with Crippen LogP contribution in [-0.4, -0.2) is 62.0 Å². The van der Waals surface area contributed by atoms with Crippen molar-refractivity contribution in [2.24, 2.45) is 0 Å². The number of hydrogen-bond acceptors (Lipinski definition) is 4. The number of methoxy groups -OCH3 is 2. The number of carbonyl (C=O) groups is 2. The molecule has 2 amide bonds. The highest BCUT2D eigenvalue weighted by atomic mass is 16.5. The van der Waals surface area contributed by atoms with Crippen LogP contribution in [0.1, 0.15) is 31.8 Å². The van der Waals surface area contributed by atoms with Crippen LogP contribution in [0.2, 0.25) is 0 Å². The topological polar surface area (TPSA) is 59.1 Å². The predicted molar refractivity (Wildman–Crippen MR) is 107 cm³/mol. The Morgan fingerprint density at radius 1 is 0.786 bits per heavy atom. The molecule has 0 aromatic heterocycles. The molecule has 0 saturated carbocycles. The molecular formula is C22H26N2O4. The van der Waals surface area contributed by atoms with E-state index in [0.717, 1.165) is 16.7 Å². The lowest BCUT2D eigenvalue weighted by Gasteiger charge is -2.35. The number of ether oxygens (including phenoxy) is 2. The van der Waals surface area contributed by atoms with Gasteiger partial charge in [0.25, 0.3) is 11.8 Å². The van der Waals surface area contributed by atoms with Crippen LogP contribution < -0.4 is 9.47 Å². The van der Waals surface area contributed by atoms with Crippen LogP contribution in [0.3, 0.4) is 0 Å². The van der Waals surface area contributed by atoms with Crippen molar-refractivity contribution in [1.82, 2.24) is 9.80 Å². The Balaban J connectivity index is 1.66. The van der Waals surface area contributed by atoms with Gasteiger partial charge in [0, 0.05) is 37.3 Å². The molecule has 148 valence electrons. The Kier molecular flexibility index (Phi) is 5.87. The minimum atomic E-state index is -0.0698. The fourth-order valence-electron chi connectivity index (χ4n) is 3.49. The molecule has 6 heteroatoms. The molecule has 2 aromatic rings.